The third-order valence-corrected chi connectivity index (χ3v) is 5.22. The summed E-state index contributed by atoms with van der Waals surface area (Å²) in [7, 11) is 0. The van der Waals surface area contributed by atoms with Gasteiger partial charge in [0.15, 0.2) is 5.69 Å². The number of pyridine rings is 1. The molecule has 1 amide bonds. The molecule has 2 aromatic heterocycles. The molecule has 0 unspecified atom stereocenters. The van der Waals surface area contributed by atoms with Gasteiger partial charge in [-0.05, 0) is 44.4 Å². The Labute approximate surface area is 151 Å². The summed E-state index contributed by atoms with van der Waals surface area (Å²) in [5, 5.41) is 10.5. The van der Waals surface area contributed by atoms with Crippen LogP contribution in [0.5, 0.6) is 0 Å². The van der Waals surface area contributed by atoms with Crippen molar-refractivity contribution in [1.82, 2.24) is 24.9 Å². The van der Waals surface area contributed by atoms with E-state index in [0.29, 0.717) is 18.2 Å². The van der Waals surface area contributed by atoms with Crippen LogP contribution in [0.3, 0.4) is 0 Å². The van der Waals surface area contributed by atoms with Crippen molar-refractivity contribution in [3.8, 4) is 5.69 Å². The lowest BCUT2D eigenvalue weighted by molar-refractivity contribution is 0.0686. The van der Waals surface area contributed by atoms with Gasteiger partial charge in [-0.2, -0.15) is 0 Å². The van der Waals surface area contributed by atoms with Crippen LogP contribution in [0, 0.1) is 12.8 Å². The van der Waals surface area contributed by atoms with Gasteiger partial charge in [-0.3, -0.25) is 9.78 Å². The summed E-state index contributed by atoms with van der Waals surface area (Å²) in [5.74, 6) is 0.464. The van der Waals surface area contributed by atoms with Crippen molar-refractivity contribution < 1.29 is 4.79 Å². The van der Waals surface area contributed by atoms with Crippen LogP contribution in [0.15, 0.2) is 36.7 Å². The predicted molar refractivity (Wildman–Crippen MR) is 99.1 cm³/mol. The molecular weight excluding hydrogens is 328 g/mol. The van der Waals surface area contributed by atoms with Crippen molar-refractivity contribution >= 4 is 16.7 Å². The van der Waals surface area contributed by atoms with Crippen molar-refractivity contribution in [2.24, 2.45) is 11.7 Å². The molecule has 1 fully saturated rings. The topological polar surface area (TPSA) is 89.9 Å². The highest BCUT2D eigenvalue weighted by Gasteiger charge is 2.27. The van der Waals surface area contributed by atoms with Gasteiger partial charge < -0.3 is 10.6 Å². The third kappa shape index (κ3) is 2.84. The number of piperidine rings is 1. The molecule has 0 saturated carbocycles. The summed E-state index contributed by atoms with van der Waals surface area (Å²) in [6.07, 6.45) is 5.47. The number of hydrogen-bond acceptors (Lipinski definition) is 5. The van der Waals surface area contributed by atoms with Gasteiger partial charge in [0.25, 0.3) is 5.91 Å². The van der Waals surface area contributed by atoms with Crippen LogP contribution in [0.4, 0.5) is 0 Å². The zero-order valence-electron chi connectivity index (χ0n) is 14.8. The monoisotopic (exact) mass is 350 g/mol. The maximum absolute atomic E-state index is 12.9. The number of fused-ring (bicyclic) bond motifs is 1. The molecule has 3 heterocycles. The van der Waals surface area contributed by atoms with E-state index < -0.39 is 0 Å². The first-order chi connectivity index (χ1) is 12.7. The molecule has 26 heavy (non-hydrogen) atoms. The highest BCUT2D eigenvalue weighted by atomic mass is 16.2. The molecule has 0 atom stereocenters. The fraction of sp³-hybridized carbons (Fsp3) is 0.368. The Kier molecular flexibility index (Phi) is 4.38. The van der Waals surface area contributed by atoms with Crippen molar-refractivity contribution in [3.05, 3.63) is 48.0 Å². The first-order valence-electron chi connectivity index (χ1n) is 8.94. The normalized spacial score (nSPS) is 15.5. The number of hydrogen-bond donors (Lipinski definition) is 1. The first kappa shape index (κ1) is 16.7. The zero-order chi connectivity index (χ0) is 18.1. The number of aromatic nitrogens is 4. The minimum atomic E-state index is -0.0499. The zero-order valence-corrected chi connectivity index (χ0v) is 14.8. The second kappa shape index (κ2) is 6.84. The molecule has 134 valence electrons. The van der Waals surface area contributed by atoms with Crippen LogP contribution in [0.25, 0.3) is 16.5 Å². The van der Waals surface area contributed by atoms with Crippen LogP contribution < -0.4 is 5.73 Å². The van der Waals surface area contributed by atoms with Crippen molar-refractivity contribution in [2.45, 2.75) is 19.8 Å². The molecule has 1 saturated heterocycles. The Morgan fingerprint density at radius 1 is 1.27 bits per heavy atom. The number of likely N-dealkylation sites (tertiary alicyclic amines) is 1. The van der Waals surface area contributed by atoms with Crippen molar-refractivity contribution in [3.63, 3.8) is 0 Å². The fourth-order valence-corrected chi connectivity index (χ4v) is 3.57. The summed E-state index contributed by atoms with van der Waals surface area (Å²) in [4.78, 5) is 18.9. The largest absolute Gasteiger partial charge is 0.337 e. The Morgan fingerprint density at radius 3 is 2.85 bits per heavy atom. The van der Waals surface area contributed by atoms with Gasteiger partial charge >= 0.3 is 0 Å². The number of amides is 1. The van der Waals surface area contributed by atoms with Crippen LogP contribution in [-0.4, -0.2) is 50.4 Å². The van der Waals surface area contributed by atoms with Crippen LogP contribution >= 0.6 is 0 Å². The minimum Gasteiger partial charge on any atom is -0.337 e. The molecule has 0 bridgehead atoms. The number of benzene rings is 1. The summed E-state index contributed by atoms with van der Waals surface area (Å²) in [6, 6.07) is 7.89. The number of nitrogens with zero attached hydrogens (tertiary/aromatic N) is 5. The van der Waals surface area contributed by atoms with Crippen molar-refractivity contribution in [1.29, 1.82) is 0 Å². The first-order valence-corrected chi connectivity index (χ1v) is 8.94. The van der Waals surface area contributed by atoms with Crippen LogP contribution in [0.2, 0.25) is 0 Å². The fourth-order valence-electron chi connectivity index (χ4n) is 3.57. The molecule has 0 radical (unpaired) electrons. The Bertz CT molecular complexity index is 937. The van der Waals surface area contributed by atoms with E-state index in [1.807, 2.05) is 42.3 Å². The lowest BCUT2D eigenvalue weighted by atomic mass is 9.97. The molecule has 1 aliphatic rings. The molecule has 0 spiro atoms. The lowest BCUT2D eigenvalue weighted by Gasteiger charge is -2.30. The smallest absolute Gasteiger partial charge is 0.276 e. The molecule has 7 nitrogen and oxygen atoms in total. The van der Waals surface area contributed by atoms with E-state index in [-0.39, 0.29) is 5.91 Å². The number of carbonyl (C=O) groups is 1. The number of nitrogens with two attached hydrogens (primary N) is 1. The maximum Gasteiger partial charge on any atom is 0.276 e. The van der Waals surface area contributed by atoms with Gasteiger partial charge in [-0.1, -0.05) is 17.3 Å². The van der Waals surface area contributed by atoms with Gasteiger partial charge in [0.2, 0.25) is 0 Å². The molecule has 4 rings (SSSR count). The standard InChI is InChI=1S/C19H22N6O/c1-13-18(19(26)24-9-6-14(11-20)7-10-24)22-23-25(13)17-4-2-3-15-12-21-8-5-16(15)17/h2-5,8,12,14H,6-7,9-11,20H2,1H3. The lowest BCUT2D eigenvalue weighted by Crippen LogP contribution is -2.40. The highest BCUT2D eigenvalue weighted by molar-refractivity contribution is 5.94. The van der Waals surface area contributed by atoms with Crippen LogP contribution in [0.1, 0.15) is 29.0 Å². The predicted octanol–water partition coefficient (Wildman–Crippen LogP) is 1.93. The minimum absolute atomic E-state index is 0.0499. The van der Waals surface area contributed by atoms with Gasteiger partial charge in [-0.15, -0.1) is 5.10 Å². The van der Waals surface area contributed by atoms with Gasteiger partial charge in [-0.25, -0.2) is 4.68 Å². The highest BCUT2D eigenvalue weighted by Crippen LogP contribution is 2.24. The molecule has 7 heteroatoms. The van der Waals surface area contributed by atoms with Crippen molar-refractivity contribution in [2.75, 3.05) is 19.6 Å². The maximum atomic E-state index is 12.9. The molecule has 1 aromatic carbocycles. The second-order valence-corrected chi connectivity index (χ2v) is 6.78. The van der Waals surface area contributed by atoms with E-state index in [1.54, 1.807) is 10.9 Å². The Hall–Kier alpha value is -2.80. The Morgan fingerprint density at radius 2 is 2.08 bits per heavy atom. The van der Waals surface area contributed by atoms with E-state index >= 15 is 0 Å². The average Bonchev–Trinajstić information content (AvgIpc) is 3.08. The van der Waals surface area contributed by atoms with E-state index in [2.05, 4.69) is 15.3 Å². The molecule has 0 aliphatic carbocycles. The third-order valence-electron chi connectivity index (χ3n) is 5.22. The van der Waals surface area contributed by atoms with E-state index in [0.717, 1.165) is 48.1 Å². The average molecular weight is 350 g/mol. The molecule has 3 aromatic rings. The van der Waals surface area contributed by atoms with Gasteiger partial charge in [0, 0.05) is 36.3 Å². The summed E-state index contributed by atoms with van der Waals surface area (Å²) in [6.45, 7) is 4.03. The molecule has 1 aliphatic heterocycles. The second-order valence-electron chi connectivity index (χ2n) is 6.78. The number of rotatable bonds is 3. The van der Waals surface area contributed by atoms with Gasteiger partial charge in [0.1, 0.15) is 0 Å². The molecule has 2 N–H and O–H groups in total. The number of carbonyl (C=O) groups excluding carboxylic acids is 1. The molecular formula is C19H22N6O. The van der Waals surface area contributed by atoms with Gasteiger partial charge in [0.05, 0.1) is 11.4 Å². The SMILES string of the molecule is Cc1c(C(=O)N2CCC(CN)CC2)nnn1-c1cccc2cnccc12. The van der Waals surface area contributed by atoms with E-state index in [1.165, 1.54) is 0 Å². The Balaban J connectivity index is 1.65. The van der Waals surface area contributed by atoms with E-state index in [9.17, 15) is 4.79 Å². The summed E-state index contributed by atoms with van der Waals surface area (Å²) >= 11 is 0. The summed E-state index contributed by atoms with van der Waals surface area (Å²) in [5.41, 5.74) is 7.81. The summed E-state index contributed by atoms with van der Waals surface area (Å²) < 4.78 is 1.74. The van der Waals surface area contributed by atoms with E-state index in [4.69, 9.17) is 5.73 Å². The van der Waals surface area contributed by atoms with Crippen LogP contribution in [-0.2, 0) is 0 Å². The quantitative estimate of drug-likeness (QED) is 0.779.